The monoisotopic (exact) mass is 359 g/mol. The Balaban J connectivity index is 1.54. The molecule has 0 saturated heterocycles. The van der Waals surface area contributed by atoms with Gasteiger partial charge in [0.2, 0.25) is 0 Å². The molecule has 5 heteroatoms. The Hall–Kier alpha value is -2.04. The Labute approximate surface area is 153 Å². The molecule has 1 amide bonds. The predicted octanol–water partition coefficient (Wildman–Crippen LogP) is 3.88. The lowest BCUT2D eigenvalue weighted by atomic mass is 10.1. The summed E-state index contributed by atoms with van der Waals surface area (Å²) in [5.74, 6) is 0.619. The van der Waals surface area contributed by atoms with Crippen molar-refractivity contribution >= 4 is 17.5 Å². The molecule has 1 aliphatic rings. The SMILES string of the molecule is CC(C)OCc1cccc(CNC(=O)[C@H]2Cc3cc(Cl)ccc3O2)c1. The molecular weight excluding hydrogens is 338 g/mol. The van der Waals surface area contributed by atoms with E-state index in [0.717, 1.165) is 22.4 Å². The summed E-state index contributed by atoms with van der Waals surface area (Å²) in [6, 6.07) is 13.5. The lowest BCUT2D eigenvalue weighted by Crippen LogP contribution is -2.37. The third-order valence-corrected chi connectivity index (χ3v) is 4.27. The van der Waals surface area contributed by atoms with Crippen molar-refractivity contribution in [1.82, 2.24) is 5.32 Å². The first kappa shape index (κ1) is 17.8. The van der Waals surface area contributed by atoms with Crippen LogP contribution in [0.1, 0.15) is 30.5 Å². The maximum atomic E-state index is 12.4. The van der Waals surface area contributed by atoms with Crippen LogP contribution in [0, 0.1) is 0 Å². The van der Waals surface area contributed by atoms with Gasteiger partial charge in [-0.15, -0.1) is 0 Å². The summed E-state index contributed by atoms with van der Waals surface area (Å²) >= 11 is 5.99. The molecule has 1 atom stereocenters. The van der Waals surface area contributed by atoms with Crippen LogP contribution in [0.15, 0.2) is 42.5 Å². The zero-order valence-electron chi connectivity index (χ0n) is 14.4. The molecule has 4 nitrogen and oxygen atoms in total. The molecule has 0 fully saturated rings. The van der Waals surface area contributed by atoms with Gasteiger partial charge in [-0.05, 0) is 48.7 Å². The minimum atomic E-state index is -0.499. The molecule has 0 spiro atoms. The highest BCUT2D eigenvalue weighted by Gasteiger charge is 2.28. The zero-order chi connectivity index (χ0) is 17.8. The number of fused-ring (bicyclic) bond motifs is 1. The average Bonchev–Trinajstić information content (AvgIpc) is 3.01. The minimum Gasteiger partial charge on any atom is -0.480 e. The van der Waals surface area contributed by atoms with Crippen molar-refractivity contribution < 1.29 is 14.3 Å². The van der Waals surface area contributed by atoms with Crippen LogP contribution >= 0.6 is 11.6 Å². The first-order valence-electron chi connectivity index (χ1n) is 8.43. The lowest BCUT2D eigenvalue weighted by Gasteiger charge is -2.12. The van der Waals surface area contributed by atoms with E-state index >= 15 is 0 Å². The smallest absolute Gasteiger partial charge is 0.261 e. The maximum Gasteiger partial charge on any atom is 0.261 e. The van der Waals surface area contributed by atoms with Gasteiger partial charge < -0.3 is 14.8 Å². The minimum absolute atomic E-state index is 0.115. The van der Waals surface area contributed by atoms with Gasteiger partial charge in [0.25, 0.3) is 5.91 Å². The second kappa shape index (κ2) is 7.89. The average molecular weight is 360 g/mol. The van der Waals surface area contributed by atoms with E-state index in [2.05, 4.69) is 5.32 Å². The van der Waals surface area contributed by atoms with E-state index in [0.29, 0.717) is 24.6 Å². The van der Waals surface area contributed by atoms with Crippen molar-refractivity contribution in [3.63, 3.8) is 0 Å². The highest BCUT2D eigenvalue weighted by molar-refractivity contribution is 6.30. The summed E-state index contributed by atoms with van der Waals surface area (Å²) in [4.78, 5) is 12.4. The third-order valence-electron chi connectivity index (χ3n) is 4.03. The number of hydrogen-bond acceptors (Lipinski definition) is 3. The van der Waals surface area contributed by atoms with Gasteiger partial charge in [0.15, 0.2) is 6.10 Å². The number of carbonyl (C=O) groups excluding carboxylic acids is 1. The van der Waals surface area contributed by atoms with Crippen LogP contribution in [0.3, 0.4) is 0 Å². The van der Waals surface area contributed by atoms with Gasteiger partial charge in [-0.1, -0.05) is 35.9 Å². The van der Waals surface area contributed by atoms with Crippen molar-refractivity contribution in [3.8, 4) is 5.75 Å². The number of hydrogen-bond donors (Lipinski definition) is 1. The zero-order valence-corrected chi connectivity index (χ0v) is 15.2. The molecule has 1 aliphatic heterocycles. The molecule has 0 bridgehead atoms. The Bertz CT molecular complexity index is 760. The van der Waals surface area contributed by atoms with Crippen molar-refractivity contribution in [2.45, 2.75) is 45.6 Å². The van der Waals surface area contributed by atoms with Crippen molar-refractivity contribution in [2.24, 2.45) is 0 Å². The van der Waals surface area contributed by atoms with Gasteiger partial charge in [-0.25, -0.2) is 0 Å². The molecule has 0 saturated carbocycles. The fourth-order valence-electron chi connectivity index (χ4n) is 2.76. The van der Waals surface area contributed by atoms with E-state index in [1.165, 1.54) is 0 Å². The molecule has 0 aliphatic carbocycles. The largest absolute Gasteiger partial charge is 0.480 e. The number of nitrogens with one attached hydrogen (secondary N) is 1. The van der Waals surface area contributed by atoms with Crippen LogP contribution in [0.5, 0.6) is 5.75 Å². The van der Waals surface area contributed by atoms with Gasteiger partial charge >= 0.3 is 0 Å². The molecular formula is C20H22ClNO3. The van der Waals surface area contributed by atoms with Gasteiger partial charge in [0.1, 0.15) is 5.75 Å². The van der Waals surface area contributed by atoms with Crippen LogP contribution in [-0.2, 0) is 29.1 Å². The topological polar surface area (TPSA) is 47.6 Å². The van der Waals surface area contributed by atoms with Crippen LogP contribution in [0.2, 0.25) is 5.02 Å². The van der Waals surface area contributed by atoms with E-state index in [-0.39, 0.29) is 12.0 Å². The Kier molecular flexibility index (Phi) is 5.61. The van der Waals surface area contributed by atoms with Crippen LogP contribution in [-0.4, -0.2) is 18.1 Å². The number of carbonyl (C=O) groups is 1. The van der Waals surface area contributed by atoms with E-state index in [9.17, 15) is 4.79 Å². The van der Waals surface area contributed by atoms with Gasteiger partial charge in [-0.3, -0.25) is 4.79 Å². The van der Waals surface area contributed by atoms with E-state index in [1.54, 1.807) is 6.07 Å². The van der Waals surface area contributed by atoms with Crippen LogP contribution in [0.4, 0.5) is 0 Å². The van der Waals surface area contributed by atoms with Gasteiger partial charge in [0, 0.05) is 18.0 Å². The summed E-state index contributed by atoms with van der Waals surface area (Å²) in [5, 5.41) is 3.60. The summed E-state index contributed by atoms with van der Waals surface area (Å²) < 4.78 is 11.3. The summed E-state index contributed by atoms with van der Waals surface area (Å²) in [7, 11) is 0. The van der Waals surface area contributed by atoms with Crippen molar-refractivity contribution in [1.29, 1.82) is 0 Å². The van der Waals surface area contributed by atoms with E-state index in [4.69, 9.17) is 21.1 Å². The predicted molar refractivity (Wildman–Crippen MR) is 97.8 cm³/mol. The quantitative estimate of drug-likeness (QED) is 0.851. The molecule has 3 rings (SSSR count). The lowest BCUT2D eigenvalue weighted by molar-refractivity contribution is -0.127. The van der Waals surface area contributed by atoms with E-state index in [1.807, 2.05) is 50.2 Å². The second-order valence-corrected chi connectivity index (χ2v) is 6.90. The molecule has 2 aromatic carbocycles. The maximum absolute atomic E-state index is 12.4. The molecule has 0 aromatic heterocycles. The van der Waals surface area contributed by atoms with Crippen molar-refractivity contribution in [3.05, 3.63) is 64.2 Å². The Morgan fingerprint density at radius 2 is 2.08 bits per heavy atom. The highest BCUT2D eigenvalue weighted by Crippen LogP contribution is 2.31. The summed E-state index contributed by atoms with van der Waals surface area (Å²) in [5.41, 5.74) is 3.11. The molecule has 0 radical (unpaired) electrons. The highest BCUT2D eigenvalue weighted by atomic mass is 35.5. The Morgan fingerprint density at radius 3 is 2.88 bits per heavy atom. The first-order chi connectivity index (χ1) is 12.0. The summed E-state index contributed by atoms with van der Waals surface area (Å²) in [6.45, 7) is 5.06. The van der Waals surface area contributed by atoms with Gasteiger partial charge in [-0.2, -0.15) is 0 Å². The number of ether oxygens (including phenoxy) is 2. The fourth-order valence-corrected chi connectivity index (χ4v) is 2.95. The molecule has 0 unspecified atom stereocenters. The molecule has 25 heavy (non-hydrogen) atoms. The number of rotatable bonds is 6. The van der Waals surface area contributed by atoms with E-state index < -0.39 is 6.10 Å². The second-order valence-electron chi connectivity index (χ2n) is 6.46. The van der Waals surface area contributed by atoms with Crippen molar-refractivity contribution in [2.75, 3.05) is 0 Å². The standard InChI is InChI=1S/C20H22ClNO3/c1-13(2)24-12-15-5-3-4-14(8-15)11-22-20(23)19-10-16-9-17(21)6-7-18(16)25-19/h3-9,13,19H,10-12H2,1-2H3,(H,22,23)/t19-/m1/s1. The third kappa shape index (κ3) is 4.74. The Morgan fingerprint density at radius 1 is 1.28 bits per heavy atom. The first-order valence-corrected chi connectivity index (χ1v) is 8.81. The summed E-state index contributed by atoms with van der Waals surface area (Å²) in [6.07, 6.45) is 0.239. The molecule has 1 heterocycles. The van der Waals surface area contributed by atoms with Crippen LogP contribution in [0.25, 0.3) is 0 Å². The number of amides is 1. The number of halogens is 1. The van der Waals surface area contributed by atoms with Crippen LogP contribution < -0.4 is 10.1 Å². The fraction of sp³-hybridized carbons (Fsp3) is 0.350. The molecule has 132 valence electrons. The molecule has 1 N–H and O–H groups in total. The number of benzene rings is 2. The van der Waals surface area contributed by atoms with Gasteiger partial charge in [0.05, 0.1) is 12.7 Å². The molecule has 2 aromatic rings. The normalized spacial score (nSPS) is 15.8.